The predicted octanol–water partition coefficient (Wildman–Crippen LogP) is 3.73. The Morgan fingerprint density at radius 2 is 1.77 bits per heavy atom. The van der Waals surface area contributed by atoms with Crippen molar-refractivity contribution in [3.63, 3.8) is 0 Å². The SMILES string of the molecule is Cc1cc(-n2nc(C)c(Br)c2C)ccc1OCc1c(C)cccc1-n1nnn(C)c1=O. The number of aromatic nitrogens is 6. The highest BCUT2D eigenvalue weighted by atomic mass is 79.9. The van der Waals surface area contributed by atoms with E-state index in [2.05, 4.69) is 31.5 Å². The molecule has 8 nitrogen and oxygen atoms in total. The molecular weight excluding hydrogens is 460 g/mol. The van der Waals surface area contributed by atoms with E-state index < -0.39 is 0 Å². The van der Waals surface area contributed by atoms with E-state index in [1.54, 1.807) is 7.05 Å². The van der Waals surface area contributed by atoms with Crippen molar-refractivity contribution in [3.05, 3.63) is 79.4 Å². The Morgan fingerprint density at radius 3 is 2.39 bits per heavy atom. The molecule has 0 amide bonds. The highest BCUT2D eigenvalue weighted by molar-refractivity contribution is 9.10. The average molecular weight is 483 g/mol. The van der Waals surface area contributed by atoms with Crippen LogP contribution in [0.25, 0.3) is 11.4 Å². The number of aryl methyl sites for hydroxylation is 4. The van der Waals surface area contributed by atoms with Crippen molar-refractivity contribution in [3.8, 4) is 17.1 Å². The fraction of sp³-hybridized carbons (Fsp3) is 0.273. The number of rotatable bonds is 5. The highest BCUT2D eigenvalue weighted by Crippen LogP contribution is 2.27. The maximum atomic E-state index is 12.3. The first-order valence-electron chi connectivity index (χ1n) is 9.81. The minimum Gasteiger partial charge on any atom is -0.489 e. The Morgan fingerprint density at radius 1 is 1.00 bits per heavy atom. The second kappa shape index (κ2) is 8.14. The van der Waals surface area contributed by atoms with Crippen LogP contribution in [0.4, 0.5) is 0 Å². The lowest BCUT2D eigenvalue weighted by Gasteiger charge is -2.15. The number of ether oxygens (including phenoxy) is 1. The molecule has 0 aliphatic heterocycles. The van der Waals surface area contributed by atoms with E-state index >= 15 is 0 Å². The number of hydrogen-bond acceptors (Lipinski definition) is 5. The van der Waals surface area contributed by atoms with Crippen molar-refractivity contribution in [2.75, 3.05) is 0 Å². The summed E-state index contributed by atoms with van der Waals surface area (Å²) in [6.07, 6.45) is 0. The van der Waals surface area contributed by atoms with Gasteiger partial charge in [-0.3, -0.25) is 0 Å². The van der Waals surface area contributed by atoms with E-state index in [1.165, 1.54) is 9.36 Å². The summed E-state index contributed by atoms with van der Waals surface area (Å²) in [6, 6.07) is 11.7. The lowest BCUT2D eigenvalue weighted by Crippen LogP contribution is -2.23. The Hall–Kier alpha value is -3.20. The zero-order valence-corrected chi connectivity index (χ0v) is 19.6. The summed E-state index contributed by atoms with van der Waals surface area (Å²) in [5.74, 6) is 0.769. The van der Waals surface area contributed by atoms with Crippen LogP contribution in [0.1, 0.15) is 28.1 Å². The molecule has 0 fully saturated rings. The molecule has 0 aliphatic carbocycles. The molecule has 160 valence electrons. The van der Waals surface area contributed by atoms with Crippen LogP contribution in [0.15, 0.2) is 45.7 Å². The minimum atomic E-state index is -0.302. The Kier molecular flexibility index (Phi) is 5.53. The molecule has 0 atom stereocenters. The number of hydrogen-bond donors (Lipinski definition) is 0. The monoisotopic (exact) mass is 482 g/mol. The van der Waals surface area contributed by atoms with Gasteiger partial charge in [0.05, 0.1) is 27.2 Å². The minimum absolute atomic E-state index is 0.302. The number of halogens is 1. The lowest BCUT2D eigenvalue weighted by atomic mass is 10.1. The molecule has 4 aromatic rings. The average Bonchev–Trinajstić information content (AvgIpc) is 3.21. The number of tetrazole rings is 1. The fourth-order valence-electron chi connectivity index (χ4n) is 3.49. The molecule has 9 heteroatoms. The lowest BCUT2D eigenvalue weighted by molar-refractivity contribution is 0.302. The smallest absolute Gasteiger partial charge is 0.368 e. The van der Waals surface area contributed by atoms with E-state index in [0.29, 0.717) is 12.3 Å². The zero-order valence-electron chi connectivity index (χ0n) is 18.0. The molecule has 2 aromatic carbocycles. The fourth-order valence-corrected chi connectivity index (χ4v) is 3.74. The first-order chi connectivity index (χ1) is 14.8. The van der Waals surface area contributed by atoms with Crippen molar-refractivity contribution >= 4 is 15.9 Å². The van der Waals surface area contributed by atoms with Crippen LogP contribution >= 0.6 is 15.9 Å². The third-order valence-electron chi connectivity index (χ3n) is 5.31. The van der Waals surface area contributed by atoms with Gasteiger partial charge in [0, 0.05) is 12.6 Å². The first kappa shape index (κ1) is 21.0. The molecule has 0 aliphatic rings. The van der Waals surface area contributed by atoms with Crippen LogP contribution < -0.4 is 10.4 Å². The van der Waals surface area contributed by atoms with Crippen molar-refractivity contribution < 1.29 is 4.74 Å². The summed E-state index contributed by atoms with van der Waals surface area (Å²) < 4.78 is 11.6. The molecule has 0 saturated heterocycles. The molecular formula is C22H23BrN6O2. The molecule has 0 unspecified atom stereocenters. The Labute approximate surface area is 188 Å². The maximum Gasteiger partial charge on any atom is 0.368 e. The Balaban J connectivity index is 1.63. The van der Waals surface area contributed by atoms with E-state index in [1.807, 2.05) is 68.8 Å². The summed E-state index contributed by atoms with van der Waals surface area (Å²) in [4.78, 5) is 12.3. The van der Waals surface area contributed by atoms with E-state index in [4.69, 9.17) is 4.74 Å². The first-order valence-corrected chi connectivity index (χ1v) is 10.6. The second-order valence-electron chi connectivity index (χ2n) is 7.50. The molecule has 0 N–H and O–H groups in total. The third-order valence-corrected chi connectivity index (χ3v) is 6.46. The van der Waals surface area contributed by atoms with E-state index in [-0.39, 0.29) is 5.69 Å². The number of nitrogens with zero attached hydrogens (tertiary/aromatic N) is 6. The van der Waals surface area contributed by atoms with Gasteiger partial charge in [0.2, 0.25) is 0 Å². The summed E-state index contributed by atoms with van der Waals surface area (Å²) >= 11 is 3.58. The number of benzene rings is 2. The highest BCUT2D eigenvalue weighted by Gasteiger charge is 2.15. The van der Waals surface area contributed by atoms with Crippen LogP contribution in [-0.2, 0) is 13.7 Å². The molecule has 0 radical (unpaired) electrons. The van der Waals surface area contributed by atoms with Crippen molar-refractivity contribution in [1.29, 1.82) is 0 Å². The molecule has 2 heterocycles. The van der Waals surface area contributed by atoms with Crippen molar-refractivity contribution in [1.82, 2.24) is 29.6 Å². The topological polar surface area (TPSA) is 79.8 Å². The molecule has 0 saturated carbocycles. The van der Waals surface area contributed by atoms with Gasteiger partial charge in [0.15, 0.2) is 0 Å². The van der Waals surface area contributed by atoms with Gasteiger partial charge in [-0.1, -0.05) is 12.1 Å². The van der Waals surface area contributed by atoms with Gasteiger partial charge < -0.3 is 4.74 Å². The molecule has 0 bridgehead atoms. The Bertz CT molecular complexity index is 1330. The van der Waals surface area contributed by atoms with Crippen LogP contribution in [0.5, 0.6) is 5.75 Å². The third kappa shape index (κ3) is 3.81. The van der Waals surface area contributed by atoms with Gasteiger partial charge in [0.25, 0.3) is 0 Å². The molecule has 31 heavy (non-hydrogen) atoms. The zero-order chi connectivity index (χ0) is 22.3. The quantitative estimate of drug-likeness (QED) is 0.432. The predicted molar refractivity (Wildman–Crippen MR) is 121 cm³/mol. The van der Waals surface area contributed by atoms with Crippen molar-refractivity contribution in [2.45, 2.75) is 34.3 Å². The van der Waals surface area contributed by atoms with Gasteiger partial charge in [-0.05, 0) is 89.4 Å². The van der Waals surface area contributed by atoms with Gasteiger partial charge in [-0.2, -0.15) is 14.5 Å². The normalized spacial score (nSPS) is 11.2. The van der Waals surface area contributed by atoms with Gasteiger partial charge in [0.1, 0.15) is 12.4 Å². The van der Waals surface area contributed by atoms with Crippen LogP contribution in [-0.4, -0.2) is 29.6 Å². The maximum absolute atomic E-state index is 12.3. The van der Waals surface area contributed by atoms with Crippen LogP contribution in [0, 0.1) is 27.7 Å². The second-order valence-corrected chi connectivity index (χ2v) is 8.30. The summed E-state index contributed by atoms with van der Waals surface area (Å²) in [6.45, 7) is 8.29. The standard InChI is InChI=1S/C22H23BrN6O2/c1-13-7-6-8-19(29-22(30)27(5)25-26-29)18(13)12-31-20-10-9-17(11-14(20)2)28-16(4)21(23)15(3)24-28/h6-11H,12H2,1-5H3. The molecule has 0 spiro atoms. The van der Waals surface area contributed by atoms with Crippen LogP contribution in [0.3, 0.4) is 0 Å². The van der Waals surface area contributed by atoms with E-state index in [9.17, 15) is 4.79 Å². The summed E-state index contributed by atoms with van der Waals surface area (Å²) in [7, 11) is 1.57. The molecule has 2 aromatic heterocycles. The van der Waals surface area contributed by atoms with Gasteiger partial charge in [-0.15, -0.1) is 0 Å². The van der Waals surface area contributed by atoms with Crippen LogP contribution in [0.2, 0.25) is 0 Å². The van der Waals surface area contributed by atoms with E-state index in [0.717, 1.165) is 44.0 Å². The summed E-state index contributed by atoms with van der Waals surface area (Å²) in [5, 5.41) is 12.4. The van der Waals surface area contributed by atoms with Gasteiger partial charge in [-0.25, -0.2) is 9.48 Å². The van der Waals surface area contributed by atoms with Crippen molar-refractivity contribution in [2.24, 2.45) is 7.05 Å². The molecule has 4 rings (SSSR count). The summed E-state index contributed by atoms with van der Waals surface area (Å²) in [5.41, 5.74) is 6.22. The largest absolute Gasteiger partial charge is 0.489 e. The van der Waals surface area contributed by atoms with Gasteiger partial charge >= 0.3 is 5.69 Å².